The van der Waals surface area contributed by atoms with Gasteiger partial charge in [0.05, 0.1) is 104 Å². The van der Waals surface area contributed by atoms with Crippen molar-refractivity contribution in [2.45, 2.75) is 136 Å². The number of esters is 1. The second-order valence-corrected chi connectivity index (χ2v) is 46.0. The van der Waals surface area contributed by atoms with E-state index in [0.29, 0.717) is 113 Å². The molecular weight excluding hydrogens is 2140 g/mol. The van der Waals surface area contributed by atoms with Gasteiger partial charge in [-0.3, -0.25) is 24.4 Å². The fraction of sp³-hybridized carbons (Fsp3) is 0.234. The first-order valence-electron chi connectivity index (χ1n) is 47.2. The Hall–Kier alpha value is -13.9. The third-order valence-corrected chi connectivity index (χ3v) is 25.1. The summed E-state index contributed by atoms with van der Waals surface area (Å²) in [6.45, 7) is 8.53. The SMILES string of the molecule is C.C.CN(O)C(=O)c1ccc(CNc2cccc3nc([C@@H](Nc4cccc5c4ncn5C4CCCCO4)c4ccccc4)[nH]c(=O)c23)cc1.COC(=O)c1ccc(CNc2cccc3nc([C@@H](Nc4cccc5c4ncn5C4CCCCO4)c4ccccc4)[nH]c(=O)c23)cc1.O.O=C(O)c1ccc(CNc2cccc3nc([C@@H](Nc4cccc5c4ncn5C4CCCCO4)c4ccccc4)[nH]c(=O)c23)cc1.[CH2-]C.[I][V][I].[Li+].[OH-]. The van der Waals surface area contributed by atoms with Crippen molar-refractivity contribution >= 4 is 158 Å². The first-order valence-corrected chi connectivity index (χ1v) is 56.2. The molecule has 3 aliphatic rings. The van der Waals surface area contributed by atoms with E-state index in [9.17, 15) is 39.1 Å². The van der Waals surface area contributed by atoms with Crippen LogP contribution >= 0.6 is 40.0 Å². The number of halogens is 2. The molecule has 0 radical (unpaired) electrons. The van der Waals surface area contributed by atoms with Crippen LogP contribution in [-0.4, -0.2) is 137 Å². The number of hydroxylamine groups is 2. The molecule has 0 spiro atoms. The number of aromatic nitrogens is 12. The molecule has 37 heteroatoms. The van der Waals surface area contributed by atoms with E-state index in [1.165, 1.54) is 14.2 Å². The van der Waals surface area contributed by atoms with Crippen LogP contribution in [0.2, 0.25) is 0 Å². The number of ether oxygens (including phenoxy) is 4. The molecular formula is C111H117I2LiN19O14V-. The van der Waals surface area contributed by atoms with Crippen molar-refractivity contribution in [1.82, 2.24) is 63.6 Å². The topological polar surface area (TPSA) is 456 Å². The first-order chi connectivity index (χ1) is 70.0. The molecule has 12 aromatic carbocycles. The summed E-state index contributed by atoms with van der Waals surface area (Å²) in [5.74, 6) is -0.396. The Kier molecular flexibility index (Phi) is 41.3. The maximum absolute atomic E-state index is 13.7. The minimum atomic E-state index is -0.972. The number of amides is 1. The molecule has 3 aliphatic heterocycles. The number of imidazole rings is 3. The van der Waals surface area contributed by atoms with Crippen molar-refractivity contribution in [3.8, 4) is 0 Å². The number of hydrogen-bond donors (Lipinski definition) is 11. The Morgan fingerprint density at radius 3 is 0.993 bits per heavy atom. The molecule has 18 aromatic rings. The Bertz CT molecular complexity index is 7650. The van der Waals surface area contributed by atoms with Crippen molar-refractivity contribution in [2.75, 3.05) is 65.9 Å². The molecule has 1 amide bonds. The summed E-state index contributed by atoms with van der Waals surface area (Å²) in [7, 11) is 3.27. The Morgan fingerprint density at radius 1 is 0.432 bits per heavy atom. The molecule has 0 saturated carbocycles. The number of H-pyrrole nitrogens is 3. The first kappa shape index (κ1) is 113. The number of rotatable bonds is 27. The minimum Gasteiger partial charge on any atom is -0.870 e. The van der Waals surface area contributed by atoms with E-state index in [1.807, 2.05) is 219 Å². The summed E-state index contributed by atoms with van der Waals surface area (Å²) in [6, 6.07) is 83.8. The summed E-state index contributed by atoms with van der Waals surface area (Å²) in [5, 5.41) is 41.5. The fourth-order valence-corrected chi connectivity index (χ4v) is 18.0. The zero-order valence-corrected chi connectivity index (χ0v) is 86.3. The van der Waals surface area contributed by atoms with E-state index in [0.717, 1.165) is 161 Å². The van der Waals surface area contributed by atoms with Crippen LogP contribution < -0.4 is 67.4 Å². The number of carboxylic acid groups (broad SMARTS) is 1. The van der Waals surface area contributed by atoms with E-state index in [-0.39, 0.29) is 91.6 Å². The summed E-state index contributed by atoms with van der Waals surface area (Å²) in [4.78, 5) is 114. The van der Waals surface area contributed by atoms with Crippen LogP contribution in [0.15, 0.2) is 306 Å². The molecule has 148 heavy (non-hydrogen) atoms. The molecule has 9 heterocycles. The van der Waals surface area contributed by atoms with Gasteiger partial charge in [0.1, 0.15) is 70.8 Å². The largest absolute Gasteiger partial charge is 1.00 e. The number of carbonyl (C=O) groups excluding carboxylic acids is 2. The number of fused-ring (bicyclic) bond motifs is 6. The van der Waals surface area contributed by atoms with Gasteiger partial charge in [0, 0.05) is 69.1 Å². The number of carboxylic acids is 1. The number of aromatic carboxylic acids is 1. The molecule has 761 valence electrons. The number of anilines is 6. The van der Waals surface area contributed by atoms with Crippen molar-refractivity contribution in [2.24, 2.45) is 0 Å². The van der Waals surface area contributed by atoms with Gasteiger partial charge >= 0.3 is 80.2 Å². The third-order valence-electron chi connectivity index (χ3n) is 25.1. The molecule has 3 unspecified atom stereocenters. The van der Waals surface area contributed by atoms with E-state index in [4.69, 9.17) is 48.9 Å². The van der Waals surface area contributed by atoms with Gasteiger partial charge in [-0.15, -0.1) is 0 Å². The van der Waals surface area contributed by atoms with Crippen LogP contribution in [-0.2, 0) is 48.0 Å². The van der Waals surface area contributed by atoms with E-state index in [1.54, 1.807) is 67.6 Å². The van der Waals surface area contributed by atoms with Gasteiger partial charge < -0.3 is 102 Å². The predicted molar refractivity (Wildman–Crippen MR) is 590 cm³/mol. The van der Waals surface area contributed by atoms with Crippen LogP contribution in [0.5, 0.6) is 0 Å². The number of carbonyl (C=O) groups is 3. The second kappa shape index (κ2) is 54.1. The smallest absolute Gasteiger partial charge is 0.870 e. The van der Waals surface area contributed by atoms with Gasteiger partial charge in [-0.2, -0.15) is 6.92 Å². The zero-order chi connectivity index (χ0) is 99.2. The number of nitrogens with one attached hydrogen (secondary N) is 9. The number of hydrogen-bond acceptors (Lipinski definition) is 24. The van der Waals surface area contributed by atoms with Gasteiger partial charge in [0.15, 0.2) is 0 Å². The average Bonchev–Trinajstić information content (AvgIpc) is 1.76. The molecule has 3 saturated heterocycles. The monoisotopic (exact) mass is 2250 g/mol. The quantitative estimate of drug-likeness (QED) is 0.00569. The minimum absolute atomic E-state index is 0. The third kappa shape index (κ3) is 26.6. The van der Waals surface area contributed by atoms with Gasteiger partial charge in [0.2, 0.25) is 0 Å². The molecule has 6 aromatic heterocycles. The molecule has 14 N–H and O–H groups in total. The Labute approximate surface area is 896 Å². The van der Waals surface area contributed by atoms with Gasteiger partial charge in [-0.05, 0) is 200 Å². The normalized spacial score (nSPS) is 14.6. The van der Waals surface area contributed by atoms with Crippen LogP contribution in [0.25, 0.3) is 65.8 Å². The molecule has 33 nitrogen and oxygen atoms in total. The molecule has 0 bridgehead atoms. The summed E-state index contributed by atoms with van der Waals surface area (Å²) in [5.41, 5.74) is 17.4. The summed E-state index contributed by atoms with van der Waals surface area (Å²) >= 11 is 4.74. The van der Waals surface area contributed by atoms with E-state index >= 15 is 0 Å². The van der Waals surface area contributed by atoms with E-state index < -0.39 is 30.0 Å². The summed E-state index contributed by atoms with van der Waals surface area (Å²) in [6.07, 6.45) is 14.9. The molecule has 0 aliphatic carbocycles. The van der Waals surface area contributed by atoms with Crippen molar-refractivity contribution in [1.29, 1.82) is 0 Å². The second-order valence-electron chi connectivity index (χ2n) is 34.2. The number of methoxy groups -OCH3 is 1. The van der Waals surface area contributed by atoms with Crippen molar-refractivity contribution in [3.63, 3.8) is 0 Å². The number of aromatic amines is 3. The molecule has 6 atom stereocenters. The van der Waals surface area contributed by atoms with Crippen LogP contribution in [0.4, 0.5) is 34.1 Å². The summed E-state index contributed by atoms with van der Waals surface area (Å²) < 4.78 is 29.2. The van der Waals surface area contributed by atoms with Gasteiger partial charge in [-0.1, -0.05) is 179 Å². The maximum atomic E-state index is 13.7. The molecule has 21 rings (SSSR count). The zero-order valence-electron chi connectivity index (χ0n) is 80.6. The Morgan fingerprint density at radius 2 is 0.716 bits per heavy atom. The number of para-hydroxylation sites is 3. The fourth-order valence-electron chi connectivity index (χ4n) is 18.0. The predicted octanol–water partition coefficient (Wildman–Crippen LogP) is 19.2. The van der Waals surface area contributed by atoms with Crippen LogP contribution in [0, 0.1) is 6.92 Å². The Balaban J connectivity index is 0.000000190. The van der Waals surface area contributed by atoms with E-state index in [2.05, 4.69) is 120 Å². The number of nitrogens with zero attached hydrogens (tertiary/aromatic N) is 10. The maximum Gasteiger partial charge on any atom is 1.00 e. The van der Waals surface area contributed by atoms with Crippen LogP contribution in [0.1, 0.15) is 198 Å². The van der Waals surface area contributed by atoms with Gasteiger partial charge in [-0.25, -0.2) is 44.6 Å². The average molecular weight is 2250 g/mol. The van der Waals surface area contributed by atoms with Crippen LogP contribution in [0.3, 0.4) is 0 Å². The number of benzene rings is 12. The molecule has 3 fully saturated rings. The standard InChI is InChI=1S/C36H35N7O4.C36H34N6O4.C35H32N6O4.C2H5.2CH4.2HI.Li.2H2O.V/c1-42(46)36(45)25-18-16-23(17-19-25)21-37-26-11-7-12-27-31(26)35(44)41-34(40-27)32(24-9-3-2-4-10-24)39-28-13-8-14-29-33(28)38-22-43(29)30-15-5-6-20-47-30;1-45-36(44)25-18-16-23(17-19-25)21-37-26-11-7-12-27-31(26)35(43)41-34(40-27)32(24-9-3-2-4-10-24)39-28-13-8-14-29-33(28)38-22-42(29)30-15-5-6-20-46-30;42-34-30-25(36-20-22-15-17-24(18-16-22)35(43)44)10-6-11-26(30)39-33(40-34)31(23-8-2-1-3-9-23)38-27-12-7-13-28-32(27)37-21-41(28)29-14-4-5-19-45-29;1-2;;;;;;;;/h2-4,7-14,16-19,22,30,32,37,39,46H,5-6,15,20-21H2,1H3,(H,40,41,44);2-4,7-14,16-19,22,30,32,37,39H,5-6,15,20-21H2,1H3,(H,40,41,43);1-3,6-13,15-18,21,29,31,36,38H,4-5,14,19-20H2,(H,43,44)(H,39,40,42);1H2,2H3;2*1H4;2*1H;;2*1H2;/q;;;-1;;;;;+1;;;+2/p-3/t2*30?,32-;29?,31-;;;;;;;;;/m000........./s1. The van der Waals surface area contributed by atoms with Crippen molar-refractivity contribution in [3.05, 3.63) is 397 Å². The van der Waals surface area contributed by atoms with Gasteiger partial charge in [0.25, 0.3) is 22.6 Å². The van der Waals surface area contributed by atoms with Crippen molar-refractivity contribution < 1.29 is 82.9 Å².